The highest BCUT2D eigenvalue weighted by atomic mass is 16.6. The Balaban J connectivity index is 2.94. The van der Waals surface area contributed by atoms with Crippen LogP contribution in [0.25, 0.3) is 0 Å². The van der Waals surface area contributed by atoms with Gasteiger partial charge >= 0.3 is 0 Å². The molecule has 0 amide bonds. The number of nitrogen functional groups attached to an aromatic ring is 1. The fourth-order valence-corrected chi connectivity index (χ4v) is 2.11. The third-order valence-electron chi connectivity index (χ3n) is 2.93. The monoisotopic (exact) mass is 266 g/mol. The molecule has 0 aliphatic carbocycles. The van der Waals surface area contributed by atoms with Gasteiger partial charge in [-0.25, -0.2) is 0 Å². The number of nitro benzene ring substituents is 1. The Morgan fingerprint density at radius 1 is 1.32 bits per heavy atom. The van der Waals surface area contributed by atoms with E-state index in [0.29, 0.717) is 6.54 Å². The van der Waals surface area contributed by atoms with Crippen LogP contribution >= 0.6 is 0 Å². The van der Waals surface area contributed by atoms with E-state index in [1.807, 2.05) is 0 Å². The summed E-state index contributed by atoms with van der Waals surface area (Å²) in [5.74, 6) is 5.46. The Bertz CT molecular complexity index is 417. The molecule has 0 fully saturated rings. The van der Waals surface area contributed by atoms with E-state index in [1.54, 1.807) is 12.1 Å². The number of benzene rings is 1. The van der Waals surface area contributed by atoms with Crippen LogP contribution < -0.4 is 11.3 Å². The Kier molecular flexibility index (Phi) is 6.24. The molecule has 1 rings (SSSR count). The van der Waals surface area contributed by atoms with Crippen molar-refractivity contribution in [3.63, 3.8) is 0 Å². The predicted octanol–water partition coefficient (Wildman–Crippen LogP) is 2.50. The van der Waals surface area contributed by atoms with E-state index in [4.69, 9.17) is 5.84 Å². The third-order valence-corrected chi connectivity index (χ3v) is 2.93. The van der Waals surface area contributed by atoms with Crippen LogP contribution in [0.1, 0.15) is 32.3 Å². The number of nitrogens with zero attached hydrogens (tertiary/aromatic N) is 2. The van der Waals surface area contributed by atoms with Crippen LogP contribution in [-0.2, 0) is 6.54 Å². The summed E-state index contributed by atoms with van der Waals surface area (Å²) in [5, 5.41) is 10.8. The molecular weight excluding hydrogens is 244 g/mol. The maximum atomic E-state index is 10.8. The molecule has 0 aromatic heterocycles. The SMILES string of the molecule is CCCN(CCC)Cc1cc([N+](=O)[O-])ccc1NN. The molecule has 3 N–H and O–H groups in total. The zero-order valence-electron chi connectivity index (χ0n) is 11.6. The first-order valence-corrected chi connectivity index (χ1v) is 6.58. The van der Waals surface area contributed by atoms with Crippen molar-refractivity contribution in [1.82, 2.24) is 4.90 Å². The first-order chi connectivity index (χ1) is 9.12. The summed E-state index contributed by atoms with van der Waals surface area (Å²) in [7, 11) is 0. The van der Waals surface area contributed by atoms with Gasteiger partial charge in [-0.3, -0.25) is 20.9 Å². The number of hydrogen-bond donors (Lipinski definition) is 2. The fourth-order valence-electron chi connectivity index (χ4n) is 2.11. The normalized spacial score (nSPS) is 10.7. The zero-order valence-corrected chi connectivity index (χ0v) is 11.6. The van der Waals surface area contributed by atoms with Crippen LogP contribution in [0.15, 0.2) is 18.2 Å². The van der Waals surface area contributed by atoms with Crippen LogP contribution in [-0.4, -0.2) is 22.9 Å². The van der Waals surface area contributed by atoms with Crippen LogP contribution in [0.4, 0.5) is 11.4 Å². The molecule has 0 unspecified atom stereocenters. The smallest absolute Gasteiger partial charge is 0.269 e. The zero-order chi connectivity index (χ0) is 14.3. The molecule has 0 radical (unpaired) electrons. The summed E-state index contributed by atoms with van der Waals surface area (Å²) in [6, 6.07) is 4.71. The number of hydrazine groups is 1. The largest absolute Gasteiger partial charge is 0.324 e. The van der Waals surface area contributed by atoms with E-state index in [1.165, 1.54) is 6.07 Å². The number of hydrogen-bond acceptors (Lipinski definition) is 5. The lowest BCUT2D eigenvalue weighted by Crippen LogP contribution is -2.25. The van der Waals surface area contributed by atoms with Gasteiger partial charge in [0.15, 0.2) is 0 Å². The second-order valence-electron chi connectivity index (χ2n) is 4.52. The molecule has 19 heavy (non-hydrogen) atoms. The lowest BCUT2D eigenvalue weighted by molar-refractivity contribution is -0.384. The van der Waals surface area contributed by atoms with Gasteiger partial charge in [-0.1, -0.05) is 13.8 Å². The van der Waals surface area contributed by atoms with Crippen molar-refractivity contribution < 1.29 is 4.92 Å². The molecule has 6 nitrogen and oxygen atoms in total. The number of nitrogens with one attached hydrogen (secondary N) is 1. The van der Waals surface area contributed by atoms with Crippen molar-refractivity contribution in [2.75, 3.05) is 18.5 Å². The molecule has 0 aliphatic heterocycles. The van der Waals surface area contributed by atoms with Gasteiger partial charge in [0.05, 0.1) is 10.6 Å². The lowest BCUT2D eigenvalue weighted by atomic mass is 10.1. The van der Waals surface area contributed by atoms with E-state index in [-0.39, 0.29) is 10.6 Å². The number of anilines is 1. The third kappa shape index (κ3) is 4.50. The lowest BCUT2D eigenvalue weighted by Gasteiger charge is -2.22. The summed E-state index contributed by atoms with van der Waals surface area (Å²) in [6.07, 6.45) is 2.11. The number of nitrogens with two attached hydrogens (primary N) is 1. The summed E-state index contributed by atoms with van der Waals surface area (Å²) in [5.41, 5.74) is 4.30. The molecule has 6 heteroatoms. The number of rotatable bonds is 8. The van der Waals surface area contributed by atoms with E-state index in [0.717, 1.165) is 37.2 Å². The van der Waals surface area contributed by atoms with Crippen molar-refractivity contribution in [1.29, 1.82) is 0 Å². The Labute approximate surface area is 113 Å². The van der Waals surface area contributed by atoms with Crippen LogP contribution in [0, 0.1) is 10.1 Å². The van der Waals surface area contributed by atoms with Gasteiger partial charge in [0.25, 0.3) is 5.69 Å². The van der Waals surface area contributed by atoms with Gasteiger partial charge in [0.2, 0.25) is 0 Å². The molecule has 106 valence electrons. The van der Waals surface area contributed by atoms with Crippen molar-refractivity contribution in [2.45, 2.75) is 33.2 Å². The van der Waals surface area contributed by atoms with Gasteiger partial charge in [-0.2, -0.15) is 0 Å². The first kappa shape index (κ1) is 15.4. The van der Waals surface area contributed by atoms with Crippen molar-refractivity contribution in [3.8, 4) is 0 Å². The van der Waals surface area contributed by atoms with Crippen molar-refractivity contribution in [2.24, 2.45) is 5.84 Å². The quantitative estimate of drug-likeness (QED) is 0.429. The predicted molar refractivity (Wildman–Crippen MR) is 76.8 cm³/mol. The maximum Gasteiger partial charge on any atom is 0.269 e. The fraction of sp³-hybridized carbons (Fsp3) is 0.538. The van der Waals surface area contributed by atoms with E-state index in [2.05, 4.69) is 24.2 Å². The standard InChI is InChI=1S/C13H22N4O2/c1-3-7-16(8-4-2)10-11-9-12(17(18)19)5-6-13(11)15-14/h5-6,9,15H,3-4,7-8,10,14H2,1-2H3. The highest BCUT2D eigenvalue weighted by Crippen LogP contribution is 2.23. The molecular formula is C13H22N4O2. The second kappa shape index (κ2) is 7.70. The Hall–Kier alpha value is -1.66. The van der Waals surface area contributed by atoms with E-state index in [9.17, 15) is 10.1 Å². The second-order valence-corrected chi connectivity index (χ2v) is 4.52. The van der Waals surface area contributed by atoms with Crippen LogP contribution in [0.5, 0.6) is 0 Å². The van der Waals surface area contributed by atoms with Crippen LogP contribution in [0.2, 0.25) is 0 Å². The molecule has 0 saturated heterocycles. The topological polar surface area (TPSA) is 84.4 Å². The van der Waals surface area contributed by atoms with Gasteiger partial charge in [0.1, 0.15) is 0 Å². The molecule has 1 aromatic carbocycles. The minimum absolute atomic E-state index is 0.0990. The minimum atomic E-state index is -0.381. The Morgan fingerprint density at radius 3 is 2.42 bits per heavy atom. The highest BCUT2D eigenvalue weighted by Gasteiger charge is 2.13. The van der Waals surface area contributed by atoms with Crippen LogP contribution in [0.3, 0.4) is 0 Å². The molecule has 0 aliphatic rings. The van der Waals surface area contributed by atoms with Gasteiger partial charge in [-0.15, -0.1) is 0 Å². The molecule has 0 bridgehead atoms. The van der Waals surface area contributed by atoms with Gasteiger partial charge in [-0.05, 0) is 37.6 Å². The first-order valence-electron chi connectivity index (χ1n) is 6.58. The summed E-state index contributed by atoms with van der Waals surface area (Å²) in [4.78, 5) is 12.7. The molecule has 0 heterocycles. The van der Waals surface area contributed by atoms with Gasteiger partial charge in [0, 0.05) is 18.7 Å². The molecule has 0 spiro atoms. The van der Waals surface area contributed by atoms with E-state index >= 15 is 0 Å². The maximum absolute atomic E-state index is 10.8. The summed E-state index contributed by atoms with van der Waals surface area (Å²) < 4.78 is 0. The van der Waals surface area contributed by atoms with E-state index < -0.39 is 0 Å². The van der Waals surface area contributed by atoms with Gasteiger partial charge < -0.3 is 5.43 Å². The minimum Gasteiger partial charge on any atom is -0.324 e. The van der Waals surface area contributed by atoms with Crippen molar-refractivity contribution in [3.05, 3.63) is 33.9 Å². The summed E-state index contributed by atoms with van der Waals surface area (Å²) in [6.45, 7) is 6.86. The number of nitro groups is 1. The summed E-state index contributed by atoms with van der Waals surface area (Å²) >= 11 is 0. The molecule has 1 aromatic rings. The molecule has 0 saturated carbocycles. The molecule has 0 atom stereocenters. The Morgan fingerprint density at radius 2 is 1.95 bits per heavy atom. The van der Waals surface area contributed by atoms with Crippen molar-refractivity contribution >= 4 is 11.4 Å². The average Bonchev–Trinajstić information content (AvgIpc) is 2.39. The number of non-ortho nitro benzene ring substituents is 1. The average molecular weight is 266 g/mol. The highest BCUT2D eigenvalue weighted by molar-refractivity contribution is 5.55.